The fourth-order valence-corrected chi connectivity index (χ4v) is 2.30. The molecule has 0 amide bonds. The Hall–Kier alpha value is -1.99. The maximum absolute atomic E-state index is 6.05. The van der Waals surface area contributed by atoms with E-state index in [1.54, 1.807) is 0 Å². The van der Waals surface area contributed by atoms with Gasteiger partial charge < -0.3 is 4.98 Å². The first-order chi connectivity index (χ1) is 8.84. The Balaban J connectivity index is 2.13. The molecule has 0 fully saturated rings. The summed E-state index contributed by atoms with van der Waals surface area (Å²) in [5, 5.41) is 0.757. The molecule has 1 N–H and O–H groups in total. The van der Waals surface area contributed by atoms with Gasteiger partial charge in [-0.15, -0.1) is 0 Å². The number of aromatic amines is 1. The van der Waals surface area contributed by atoms with Gasteiger partial charge in [-0.2, -0.15) is 0 Å². The van der Waals surface area contributed by atoms with Crippen LogP contribution in [0.3, 0.4) is 0 Å². The lowest BCUT2D eigenvalue weighted by Crippen LogP contribution is -1.82. The second kappa shape index (κ2) is 4.71. The summed E-state index contributed by atoms with van der Waals surface area (Å²) in [6.45, 7) is 0. The highest BCUT2D eigenvalue weighted by Crippen LogP contribution is 2.31. The molecule has 0 unspecified atom stereocenters. The summed E-state index contributed by atoms with van der Waals surface area (Å²) in [5.74, 6) is 0. The van der Waals surface area contributed by atoms with Crippen LogP contribution in [0.5, 0.6) is 0 Å². The Morgan fingerprint density at radius 3 is 2.33 bits per heavy atom. The van der Waals surface area contributed by atoms with Crippen molar-refractivity contribution in [2.24, 2.45) is 0 Å². The van der Waals surface area contributed by atoms with E-state index < -0.39 is 0 Å². The van der Waals surface area contributed by atoms with Crippen LogP contribution in [0.4, 0.5) is 0 Å². The van der Waals surface area contributed by atoms with E-state index in [4.69, 9.17) is 11.6 Å². The summed E-state index contributed by atoms with van der Waals surface area (Å²) >= 11 is 6.05. The highest BCUT2D eigenvalue weighted by molar-refractivity contribution is 6.30. The minimum absolute atomic E-state index is 0.757. The van der Waals surface area contributed by atoms with Gasteiger partial charge in [-0.25, -0.2) is 0 Å². The number of aromatic nitrogens is 1. The second-order valence-electron chi connectivity index (χ2n) is 4.14. The highest BCUT2D eigenvalue weighted by atomic mass is 35.5. The van der Waals surface area contributed by atoms with E-state index in [0.717, 1.165) is 16.3 Å². The Morgan fingerprint density at radius 1 is 0.778 bits per heavy atom. The van der Waals surface area contributed by atoms with Gasteiger partial charge in [0.2, 0.25) is 0 Å². The maximum Gasteiger partial charge on any atom is 0.0533 e. The Morgan fingerprint density at radius 2 is 1.56 bits per heavy atom. The van der Waals surface area contributed by atoms with Crippen LogP contribution in [0.15, 0.2) is 66.9 Å². The molecule has 0 spiro atoms. The SMILES string of the molecule is Clc1cccc(-c2cc[nH]c2-c2ccccc2)c1. The van der Waals surface area contributed by atoms with Gasteiger partial charge in [0.15, 0.2) is 0 Å². The van der Waals surface area contributed by atoms with Crippen molar-refractivity contribution in [1.29, 1.82) is 0 Å². The van der Waals surface area contributed by atoms with E-state index in [-0.39, 0.29) is 0 Å². The van der Waals surface area contributed by atoms with Crippen molar-refractivity contribution in [2.45, 2.75) is 0 Å². The van der Waals surface area contributed by atoms with Gasteiger partial charge in [0.05, 0.1) is 5.69 Å². The largest absolute Gasteiger partial charge is 0.361 e. The van der Waals surface area contributed by atoms with Gasteiger partial charge in [0, 0.05) is 16.8 Å². The minimum Gasteiger partial charge on any atom is -0.361 e. The summed E-state index contributed by atoms with van der Waals surface area (Å²) in [6.07, 6.45) is 1.96. The third-order valence-electron chi connectivity index (χ3n) is 2.95. The highest BCUT2D eigenvalue weighted by Gasteiger charge is 2.08. The molecule has 3 rings (SSSR count). The quantitative estimate of drug-likeness (QED) is 0.661. The lowest BCUT2D eigenvalue weighted by atomic mass is 10.0. The van der Waals surface area contributed by atoms with Gasteiger partial charge in [-0.1, -0.05) is 54.1 Å². The summed E-state index contributed by atoms with van der Waals surface area (Å²) < 4.78 is 0. The first kappa shape index (κ1) is 11.1. The van der Waals surface area contributed by atoms with Crippen LogP contribution in [-0.2, 0) is 0 Å². The summed E-state index contributed by atoms with van der Waals surface area (Å²) in [5.41, 5.74) is 4.60. The molecule has 3 aromatic rings. The Kier molecular flexibility index (Phi) is 2.91. The van der Waals surface area contributed by atoms with E-state index >= 15 is 0 Å². The van der Waals surface area contributed by atoms with Crippen LogP contribution in [0.1, 0.15) is 0 Å². The predicted octanol–water partition coefficient (Wildman–Crippen LogP) is 5.00. The van der Waals surface area contributed by atoms with E-state index in [2.05, 4.69) is 29.2 Å². The van der Waals surface area contributed by atoms with Crippen LogP contribution in [0, 0.1) is 0 Å². The Bertz CT molecular complexity index is 656. The second-order valence-corrected chi connectivity index (χ2v) is 4.58. The van der Waals surface area contributed by atoms with Crippen molar-refractivity contribution in [2.75, 3.05) is 0 Å². The first-order valence-corrected chi connectivity index (χ1v) is 6.21. The molecule has 88 valence electrons. The molecule has 0 saturated carbocycles. The number of benzene rings is 2. The summed E-state index contributed by atoms with van der Waals surface area (Å²) in [4.78, 5) is 3.30. The topological polar surface area (TPSA) is 15.8 Å². The number of halogens is 1. The van der Waals surface area contributed by atoms with E-state index in [0.29, 0.717) is 0 Å². The summed E-state index contributed by atoms with van der Waals surface area (Å²) in [7, 11) is 0. The van der Waals surface area contributed by atoms with Crippen molar-refractivity contribution in [3.8, 4) is 22.4 Å². The molecule has 0 aliphatic heterocycles. The maximum atomic E-state index is 6.05. The van der Waals surface area contributed by atoms with Crippen molar-refractivity contribution in [3.05, 3.63) is 71.9 Å². The molecule has 18 heavy (non-hydrogen) atoms. The van der Waals surface area contributed by atoms with Gasteiger partial charge in [0.1, 0.15) is 0 Å². The van der Waals surface area contributed by atoms with Gasteiger partial charge >= 0.3 is 0 Å². The number of nitrogens with one attached hydrogen (secondary N) is 1. The normalized spacial score (nSPS) is 10.5. The van der Waals surface area contributed by atoms with Crippen LogP contribution >= 0.6 is 11.6 Å². The van der Waals surface area contributed by atoms with Crippen molar-refractivity contribution in [3.63, 3.8) is 0 Å². The summed E-state index contributed by atoms with van der Waals surface area (Å²) in [6, 6.07) is 20.3. The number of rotatable bonds is 2. The van der Waals surface area contributed by atoms with Crippen LogP contribution in [-0.4, -0.2) is 4.98 Å². The van der Waals surface area contributed by atoms with Crippen LogP contribution in [0.2, 0.25) is 5.02 Å². The fourth-order valence-electron chi connectivity index (χ4n) is 2.11. The molecule has 1 aromatic heterocycles. The molecule has 2 heteroatoms. The number of hydrogen-bond acceptors (Lipinski definition) is 0. The smallest absolute Gasteiger partial charge is 0.0533 e. The molecular weight excluding hydrogens is 242 g/mol. The van der Waals surface area contributed by atoms with E-state index in [1.165, 1.54) is 11.1 Å². The molecule has 1 nitrogen and oxygen atoms in total. The molecular formula is C16H12ClN. The van der Waals surface area contributed by atoms with Crippen molar-refractivity contribution >= 4 is 11.6 Å². The van der Waals surface area contributed by atoms with Gasteiger partial charge in [-0.05, 0) is 29.3 Å². The van der Waals surface area contributed by atoms with Crippen molar-refractivity contribution in [1.82, 2.24) is 4.98 Å². The average Bonchev–Trinajstić information content (AvgIpc) is 2.89. The molecule has 0 aliphatic rings. The molecule has 0 atom stereocenters. The Labute approximate surface area is 111 Å². The molecule has 0 radical (unpaired) electrons. The lowest BCUT2D eigenvalue weighted by molar-refractivity contribution is 1.40. The van der Waals surface area contributed by atoms with Crippen molar-refractivity contribution < 1.29 is 0 Å². The van der Waals surface area contributed by atoms with E-state index in [1.807, 2.05) is 42.6 Å². The van der Waals surface area contributed by atoms with E-state index in [9.17, 15) is 0 Å². The zero-order valence-electron chi connectivity index (χ0n) is 9.73. The first-order valence-electron chi connectivity index (χ1n) is 5.83. The number of H-pyrrole nitrogens is 1. The average molecular weight is 254 g/mol. The monoisotopic (exact) mass is 253 g/mol. The molecule has 0 aliphatic carbocycles. The molecule has 1 heterocycles. The standard InChI is InChI=1S/C16H12ClN/c17-14-8-4-7-13(11-14)15-9-10-18-16(15)12-5-2-1-3-6-12/h1-11,18H. The minimum atomic E-state index is 0.757. The zero-order chi connectivity index (χ0) is 12.4. The van der Waals surface area contributed by atoms with Crippen LogP contribution in [0.25, 0.3) is 22.4 Å². The lowest BCUT2D eigenvalue weighted by Gasteiger charge is -2.05. The number of hydrogen-bond donors (Lipinski definition) is 1. The molecule has 0 bridgehead atoms. The molecule has 2 aromatic carbocycles. The van der Waals surface area contributed by atoms with Crippen LogP contribution < -0.4 is 0 Å². The third-order valence-corrected chi connectivity index (χ3v) is 3.18. The van der Waals surface area contributed by atoms with Gasteiger partial charge in [0.25, 0.3) is 0 Å². The van der Waals surface area contributed by atoms with Gasteiger partial charge in [-0.3, -0.25) is 0 Å². The third kappa shape index (κ3) is 2.05. The fraction of sp³-hybridized carbons (Fsp3) is 0. The zero-order valence-corrected chi connectivity index (χ0v) is 10.5. The molecule has 0 saturated heterocycles. The predicted molar refractivity (Wildman–Crippen MR) is 76.7 cm³/mol.